The predicted molar refractivity (Wildman–Crippen MR) is 150 cm³/mol. The Kier molecular flexibility index (Phi) is 25.5. The second-order valence-corrected chi connectivity index (χ2v) is 11.0. The molecule has 0 aliphatic heterocycles. The summed E-state index contributed by atoms with van der Waals surface area (Å²) in [5.41, 5.74) is 8.13. The molecule has 0 aromatic carbocycles. The molecule has 0 rings (SSSR count). The summed E-state index contributed by atoms with van der Waals surface area (Å²) in [6.07, 6.45) is 3.38. The van der Waals surface area contributed by atoms with E-state index in [1.54, 1.807) is 0 Å². The van der Waals surface area contributed by atoms with E-state index in [-0.39, 0.29) is 18.1 Å². The number of rotatable bonds is 28. The Bertz CT molecular complexity index is 798. The van der Waals surface area contributed by atoms with Crippen molar-refractivity contribution in [3.63, 3.8) is 0 Å². The Morgan fingerprint density at radius 3 is 2.02 bits per heavy atom. The summed E-state index contributed by atoms with van der Waals surface area (Å²) in [5, 5.41) is 11.8. The first-order valence-corrected chi connectivity index (χ1v) is 15.7. The number of carbonyl (C=O) groups excluding carboxylic acids is 2. The van der Waals surface area contributed by atoms with Crippen LogP contribution in [0.2, 0.25) is 0 Å². The number of sulfone groups is 1. The van der Waals surface area contributed by atoms with Gasteiger partial charge in [0.05, 0.1) is 58.6 Å². The molecule has 0 aliphatic rings. The lowest BCUT2D eigenvalue weighted by atomic mass is 10.1. The molecule has 0 radical (unpaired) electrons. The van der Waals surface area contributed by atoms with E-state index in [4.69, 9.17) is 29.2 Å². The van der Waals surface area contributed by atoms with E-state index in [1.807, 2.05) is 7.05 Å². The molecule has 1 atom stereocenters. The first-order chi connectivity index (χ1) is 19.3. The Balaban J connectivity index is 3.69. The van der Waals surface area contributed by atoms with Crippen LogP contribution in [0.3, 0.4) is 0 Å². The number of hydrogen-bond donors (Lipinski definition) is 3. The molecule has 2 amide bonds. The monoisotopic (exact) mass is 596 g/mol. The Hall–Kier alpha value is -2.20. The topological polar surface area (TPSA) is 199 Å². The molecule has 0 heterocycles. The summed E-state index contributed by atoms with van der Waals surface area (Å²) < 4.78 is 50.0. The van der Waals surface area contributed by atoms with Crippen LogP contribution in [-0.4, -0.2) is 125 Å². The Morgan fingerprint density at radius 1 is 0.825 bits per heavy atom. The average Bonchev–Trinajstić information content (AvgIpc) is 2.90. The maximum absolute atomic E-state index is 11.9. The lowest BCUT2D eigenvalue weighted by Crippen LogP contribution is -2.34. The molecule has 0 aromatic rings. The van der Waals surface area contributed by atoms with Gasteiger partial charge in [0.25, 0.3) is 0 Å². The van der Waals surface area contributed by atoms with Gasteiger partial charge in [-0.15, -0.1) is 0 Å². The number of amides is 2. The standard InChI is InChI=1S/C24H48N6O9S/c1-26-9-6-11-28-24(32)39-22(21-40(2,33)34)7-4-3-5-10-27-23(31)8-13-35-15-17-37-19-20-38-18-16-36-14-12-29-30-25/h22,26H,3-21H2,1-2H3,(H,27,31)(H,28,32). The number of nitrogens with zero attached hydrogens (tertiary/aromatic N) is 3. The van der Waals surface area contributed by atoms with Gasteiger partial charge in [0.2, 0.25) is 5.91 Å². The minimum atomic E-state index is -3.29. The Morgan fingerprint density at radius 2 is 1.43 bits per heavy atom. The van der Waals surface area contributed by atoms with Crippen molar-refractivity contribution >= 4 is 21.8 Å². The van der Waals surface area contributed by atoms with E-state index in [0.29, 0.717) is 85.3 Å². The smallest absolute Gasteiger partial charge is 0.407 e. The molecule has 40 heavy (non-hydrogen) atoms. The zero-order valence-corrected chi connectivity index (χ0v) is 24.8. The van der Waals surface area contributed by atoms with Crippen molar-refractivity contribution in [3.8, 4) is 0 Å². The van der Waals surface area contributed by atoms with Gasteiger partial charge >= 0.3 is 6.09 Å². The molecule has 3 N–H and O–H groups in total. The van der Waals surface area contributed by atoms with Crippen LogP contribution >= 0.6 is 0 Å². The highest BCUT2D eigenvalue weighted by Crippen LogP contribution is 2.10. The van der Waals surface area contributed by atoms with Gasteiger partial charge in [-0.05, 0) is 44.8 Å². The number of nitrogens with one attached hydrogen (secondary N) is 3. The van der Waals surface area contributed by atoms with Crippen LogP contribution in [0.5, 0.6) is 0 Å². The van der Waals surface area contributed by atoms with Crippen LogP contribution in [0.1, 0.15) is 38.5 Å². The summed E-state index contributed by atoms with van der Waals surface area (Å²) >= 11 is 0. The molecule has 0 bridgehead atoms. The third-order valence-corrected chi connectivity index (χ3v) is 6.13. The van der Waals surface area contributed by atoms with Crippen LogP contribution in [-0.2, 0) is 38.3 Å². The van der Waals surface area contributed by atoms with Gasteiger partial charge in [0, 0.05) is 37.2 Å². The largest absolute Gasteiger partial charge is 0.445 e. The highest BCUT2D eigenvalue weighted by atomic mass is 32.2. The van der Waals surface area contributed by atoms with Crippen molar-refractivity contribution in [1.29, 1.82) is 0 Å². The van der Waals surface area contributed by atoms with Crippen LogP contribution < -0.4 is 16.0 Å². The third kappa shape index (κ3) is 28.8. The molecule has 0 aromatic heterocycles. The van der Waals surface area contributed by atoms with Crippen molar-refractivity contribution in [2.24, 2.45) is 5.11 Å². The van der Waals surface area contributed by atoms with Crippen LogP contribution in [0.15, 0.2) is 5.11 Å². The maximum Gasteiger partial charge on any atom is 0.407 e. The number of unbranched alkanes of at least 4 members (excludes halogenated alkanes) is 2. The molecule has 0 saturated carbocycles. The van der Waals surface area contributed by atoms with Crippen LogP contribution in [0, 0.1) is 0 Å². The van der Waals surface area contributed by atoms with E-state index in [0.717, 1.165) is 32.1 Å². The fraction of sp³-hybridized carbons (Fsp3) is 0.917. The maximum atomic E-state index is 11.9. The third-order valence-electron chi connectivity index (χ3n) is 5.15. The van der Waals surface area contributed by atoms with E-state index in [2.05, 4.69) is 26.0 Å². The zero-order valence-electron chi connectivity index (χ0n) is 23.9. The van der Waals surface area contributed by atoms with Crippen molar-refractivity contribution in [3.05, 3.63) is 10.4 Å². The SMILES string of the molecule is CNCCCNC(=O)OC(CCCCCNC(=O)CCOCCOCCOCCOCCN=[N+]=[N-])CS(C)(=O)=O. The highest BCUT2D eigenvalue weighted by Gasteiger charge is 2.19. The number of azide groups is 1. The number of hydrogen-bond acceptors (Lipinski definition) is 11. The van der Waals surface area contributed by atoms with Crippen molar-refractivity contribution < 1.29 is 41.7 Å². The number of carbonyl (C=O) groups is 2. The van der Waals surface area contributed by atoms with Crippen LogP contribution in [0.25, 0.3) is 10.4 Å². The van der Waals surface area contributed by atoms with Crippen LogP contribution in [0.4, 0.5) is 4.79 Å². The van der Waals surface area contributed by atoms with Gasteiger partial charge in [-0.25, -0.2) is 13.2 Å². The summed E-state index contributed by atoms with van der Waals surface area (Å²) in [7, 11) is -1.48. The summed E-state index contributed by atoms with van der Waals surface area (Å²) in [5.74, 6) is -0.325. The minimum absolute atomic E-state index is 0.107. The Labute approximate surface area is 237 Å². The fourth-order valence-corrected chi connectivity index (χ4v) is 4.14. The van der Waals surface area contributed by atoms with Gasteiger partial charge < -0.3 is 39.6 Å². The summed E-state index contributed by atoms with van der Waals surface area (Å²) in [6.45, 7) is 5.14. The normalized spacial score (nSPS) is 11.9. The molecule has 16 heteroatoms. The number of alkyl carbamates (subject to hydrolysis) is 1. The fourth-order valence-electron chi connectivity index (χ4n) is 3.23. The number of ether oxygens (including phenoxy) is 5. The van der Waals surface area contributed by atoms with Crippen molar-refractivity contribution in [2.75, 3.05) is 98.1 Å². The molecule has 0 spiro atoms. The highest BCUT2D eigenvalue weighted by molar-refractivity contribution is 7.90. The van der Waals surface area contributed by atoms with E-state index in [1.165, 1.54) is 0 Å². The molecular formula is C24H48N6O9S. The zero-order chi connectivity index (χ0) is 29.7. The van der Waals surface area contributed by atoms with E-state index < -0.39 is 22.0 Å². The lowest BCUT2D eigenvalue weighted by Gasteiger charge is -2.17. The average molecular weight is 597 g/mol. The van der Waals surface area contributed by atoms with E-state index in [9.17, 15) is 18.0 Å². The summed E-state index contributed by atoms with van der Waals surface area (Å²) in [6, 6.07) is 0. The van der Waals surface area contributed by atoms with Crippen molar-refractivity contribution in [2.45, 2.75) is 44.6 Å². The second-order valence-electron chi connectivity index (χ2n) is 8.86. The van der Waals surface area contributed by atoms with Gasteiger partial charge in [-0.2, -0.15) is 0 Å². The molecule has 15 nitrogen and oxygen atoms in total. The molecule has 0 fully saturated rings. The molecule has 234 valence electrons. The van der Waals surface area contributed by atoms with Gasteiger partial charge in [-0.1, -0.05) is 11.5 Å². The molecular weight excluding hydrogens is 548 g/mol. The van der Waals surface area contributed by atoms with Crippen molar-refractivity contribution in [1.82, 2.24) is 16.0 Å². The molecule has 0 aliphatic carbocycles. The first-order valence-electron chi connectivity index (χ1n) is 13.6. The minimum Gasteiger partial charge on any atom is -0.445 e. The van der Waals surface area contributed by atoms with Gasteiger partial charge in [-0.3, -0.25) is 4.79 Å². The quantitative estimate of drug-likeness (QED) is 0.0510. The van der Waals surface area contributed by atoms with Gasteiger partial charge in [0.15, 0.2) is 9.84 Å². The second kappa shape index (κ2) is 27.0. The molecule has 0 saturated heterocycles. The summed E-state index contributed by atoms with van der Waals surface area (Å²) in [4.78, 5) is 26.5. The predicted octanol–water partition coefficient (Wildman–Crippen LogP) is 1.18. The molecule has 1 unspecified atom stereocenters. The first kappa shape index (κ1) is 37.8. The van der Waals surface area contributed by atoms with E-state index >= 15 is 0 Å². The lowest BCUT2D eigenvalue weighted by molar-refractivity contribution is -0.122. The van der Waals surface area contributed by atoms with Gasteiger partial charge in [0.1, 0.15) is 6.10 Å².